The normalized spacial score (nSPS) is 14.9. The molecule has 0 aliphatic carbocycles. The summed E-state index contributed by atoms with van der Waals surface area (Å²) >= 11 is 0. The maximum atomic E-state index is 13.3. The third-order valence-electron chi connectivity index (χ3n) is 2.14. The van der Waals surface area contributed by atoms with E-state index in [1.807, 2.05) is 0 Å². The van der Waals surface area contributed by atoms with Crippen molar-refractivity contribution in [2.24, 2.45) is 5.73 Å². The Morgan fingerprint density at radius 3 is 2.71 bits per heavy atom. The van der Waals surface area contributed by atoms with Gasteiger partial charge in [-0.3, -0.25) is 0 Å². The Balaban J connectivity index is 3.18. The highest BCUT2D eigenvalue weighted by Crippen LogP contribution is 2.25. The lowest BCUT2D eigenvalue weighted by atomic mass is 9.89. The predicted molar refractivity (Wildman–Crippen MR) is 52.7 cm³/mol. The van der Waals surface area contributed by atoms with E-state index in [0.29, 0.717) is 6.42 Å². The summed E-state index contributed by atoms with van der Waals surface area (Å²) in [5.74, 6) is -1.75. The van der Waals surface area contributed by atoms with Crippen molar-refractivity contribution >= 4 is 0 Å². The van der Waals surface area contributed by atoms with E-state index in [4.69, 9.17) is 5.73 Å². The molecule has 1 aromatic rings. The second-order valence-electron chi connectivity index (χ2n) is 3.51. The van der Waals surface area contributed by atoms with Gasteiger partial charge in [-0.25, -0.2) is 8.78 Å². The molecule has 3 heteroatoms. The number of hydrogen-bond donors (Lipinski definition) is 1. The summed E-state index contributed by atoms with van der Waals surface area (Å²) in [6, 6.07) is 4.01. The average molecular weight is 197 g/mol. The van der Waals surface area contributed by atoms with E-state index in [-0.39, 0.29) is 5.56 Å². The van der Waals surface area contributed by atoms with Crippen LogP contribution in [-0.4, -0.2) is 0 Å². The molecule has 1 nitrogen and oxygen atoms in total. The van der Waals surface area contributed by atoms with Crippen LogP contribution in [0.25, 0.3) is 0 Å². The molecule has 0 aromatic heterocycles. The topological polar surface area (TPSA) is 26.0 Å². The lowest BCUT2D eigenvalue weighted by molar-refractivity contribution is 0.435. The summed E-state index contributed by atoms with van der Waals surface area (Å²) < 4.78 is 26.2. The van der Waals surface area contributed by atoms with Gasteiger partial charge in [0.1, 0.15) is 0 Å². The molecule has 76 valence electrons. The van der Waals surface area contributed by atoms with Crippen LogP contribution in [-0.2, 0) is 5.54 Å². The Morgan fingerprint density at radius 1 is 1.50 bits per heavy atom. The molecule has 0 spiro atoms. The van der Waals surface area contributed by atoms with Crippen molar-refractivity contribution in [3.63, 3.8) is 0 Å². The minimum absolute atomic E-state index is 0.178. The molecule has 1 aromatic carbocycles. The Bertz CT molecular complexity index is 345. The second kappa shape index (κ2) is 3.88. The standard InChI is InChI=1S/C11H13F2N/c1-3-7-11(2,14)8-5-4-6-9(12)10(8)13/h3-6H,1,7,14H2,2H3/t11-/m1/s1. The van der Waals surface area contributed by atoms with Crippen molar-refractivity contribution in [1.29, 1.82) is 0 Å². The number of benzene rings is 1. The Morgan fingerprint density at radius 2 is 2.14 bits per heavy atom. The van der Waals surface area contributed by atoms with Crippen LogP contribution in [0.2, 0.25) is 0 Å². The van der Waals surface area contributed by atoms with Gasteiger partial charge in [-0.05, 0) is 19.4 Å². The summed E-state index contributed by atoms with van der Waals surface area (Å²) in [5.41, 5.74) is 5.11. The van der Waals surface area contributed by atoms with E-state index in [2.05, 4.69) is 6.58 Å². The molecule has 14 heavy (non-hydrogen) atoms. The van der Waals surface area contributed by atoms with Gasteiger partial charge in [-0.1, -0.05) is 18.2 Å². The Labute approximate surface area is 82.2 Å². The lowest BCUT2D eigenvalue weighted by Gasteiger charge is -2.24. The maximum absolute atomic E-state index is 13.3. The largest absolute Gasteiger partial charge is 0.321 e. The van der Waals surface area contributed by atoms with Crippen LogP contribution >= 0.6 is 0 Å². The smallest absolute Gasteiger partial charge is 0.163 e. The zero-order valence-electron chi connectivity index (χ0n) is 8.06. The third kappa shape index (κ3) is 1.99. The SMILES string of the molecule is C=CC[C@@](C)(N)c1cccc(F)c1F. The highest BCUT2D eigenvalue weighted by molar-refractivity contribution is 5.26. The summed E-state index contributed by atoms with van der Waals surface area (Å²) in [6.07, 6.45) is 1.98. The molecule has 2 N–H and O–H groups in total. The van der Waals surface area contributed by atoms with E-state index in [0.717, 1.165) is 6.07 Å². The molecule has 1 atom stereocenters. The monoisotopic (exact) mass is 197 g/mol. The summed E-state index contributed by atoms with van der Waals surface area (Å²) in [7, 11) is 0. The van der Waals surface area contributed by atoms with E-state index in [9.17, 15) is 8.78 Å². The van der Waals surface area contributed by atoms with Crippen LogP contribution in [0.5, 0.6) is 0 Å². The summed E-state index contributed by atoms with van der Waals surface area (Å²) in [4.78, 5) is 0. The van der Waals surface area contributed by atoms with Crippen molar-refractivity contribution in [2.75, 3.05) is 0 Å². The third-order valence-corrected chi connectivity index (χ3v) is 2.14. The minimum Gasteiger partial charge on any atom is -0.321 e. The zero-order valence-corrected chi connectivity index (χ0v) is 8.06. The van der Waals surface area contributed by atoms with Crippen molar-refractivity contribution in [2.45, 2.75) is 18.9 Å². The molecule has 1 rings (SSSR count). The summed E-state index contributed by atoms with van der Waals surface area (Å²) in [5, 5.41) is 0. The van der Waals surface area contributed by atoms with Crippen LogP contribution < -0.4 is 5.73 Å². The molecular formula is C11H13F2N. The zero-order chi connectivity index (χ0) is 10.8. The first kappa shape index (κ1) is 10.9. The van der Waals surface area contributed by atoms with Crippen molar-refractivity contribution in [3.8, 4) is 0 Å². The van der Waals surface area contributed by atoms with Gasteiger partial charge in [0.25, 0.3) is 0 Å². The Kier molecular flexibility index (Phi) is 3.01. The molecule has 0 fully saturated rings. The minimum atomic E-state index is -0.909. The number of halogens is 2. The number of rotatable bonds is 3. The first-order valence-electron chi connectivity index (χ1n) is 4.33. The molecule has 0 unspecified atom stereocenters. The average Bonchev–Trinajstić information content (AvgIpc) is 2.09. The molecule has 0 radical (unpaired) electrons. The quantitative estimate of drug-likeness (QED) is 0.741. The van der Waals surface area contributed by atoms with E-state index >= 15 is 0 Å². The first-order chi connectivity index (χ1) is 6.49. The van der Waals surface area contributed by atoms with E-state index < -0.39 is 17.2 Å². The van der Waals surface area contributed by atoms with Gasteiger partial charge in [0.15, 0.2) is 11.6 Å². The number of nitrogens with two attached hydrogens (primary N) is 1. The van der Waals surface area contributed by atoms with Crippen LogP contribution in [0.1, 0.15) is 18.9 Å². The van der Waals surface area contributed by atoms with Crippen LogP contribution in [0, 0.1) is 11.6 Å². The predicted octanol–water partition coefficient (Wildman–Crippen LogP) is 2.71. The van der Waals surface area contributed by atoms with Gasteiger partial charge in [0.05, 0.1) is 0 Å². The van der Waals surface area contributed by atoms with Crippen LogP contribution in [0.4, 0.5) is 8.78 Å². The van der Waals surface area contributed by atoms with Gasteiger partial charge < -0.3 is 5.73 Å². The molecule has 0 heterocycles. The first-order valence-corrected chi connectivity index (χ1v) is 4.33. The molecule has 0 bridgehead atoms. The van der Waals surface area contributed by atoms with Gasteiger partial charge in [0.2, 0.25) is 0 Å². The number of hydrogen-bond acceptors (Lipinski definition) is 1. The molecular weight excluding hydrogens is 184 g/mol. The summed E-state index contributed by atoms with van der Waals surface area (Å²) in [6.45, 7) is 5.17. The van der Waals surface area contributed by atoms with Gasteiger partial charge in [-0.2, -0.15) is 0 Å². The maximum Gasteiger partial charge on any atom is 0.163 e. The highest BCUT2D eigenvalue weighted by atomic mass is 19.2. The molecule has 0 aliphatic rings. The van der Waals surface area contributed by atoms with Crippen molar-refractivity contribution < 1.29 is 8.78 Å². The second-order valence-corrected chi connectivity index (χ2v) is 3.51. The van der Waals surface area contributed by atoms with Crippen molar-refractivity contribution in [3.05, 3.63) is 48.1 Å². The van der Waals surface area contributed by atoms with Crippen LogP contribution in [0.3, 0.4) is 0 Å². The Hall–Kier alpha value is -1.22. The van der Waals surface area contributed by atoms with Crippen molar-refractivity contribution in [1.82, 2.24) is 0 Å². The lowest BCUT2D eigenvalue weighted by Crippen LogP contribution is -2.33. The van der Waals surface area contributed by atoms with Gasteiger partial charge >= 0.3 is 0 Å². The highest BCUT2D eigenvalue weighted by Gasteiger charge is 2.24. The van der Waals surface area contributed by atoms with E-state index in [1.165, 1.54) is 12.1 Å². The fourth-order valence-corrected chi connectivity index (χ4v) is 1.35. The fourth-order valence-electron chi connectivity index (χ4n) is 1.35. The van der Waals surface area contributed by atoms with E-state index in [1.54, 1.807) is 13.0 Å². The fraction of sp³-hybridized carbons (Fsp3) is 0.273. The molecule has 0 saturated carbocycles. The van der Waals surface area contributed by atoms with Crippen LogP contribution in [0.15, 0.2) is 30.9 Å². The van der Waals surface area contributed by atoms with Gasteiger partial charge in [0, 0.05) is 11.1 Å². The van der Waals surface area contributed by atoms with Gasteiger partial charge in [-0.15, -0.1) is 6.58 Å². The molecule has 0 amide bonds. The molecule has 0 saturated heterocycles. The molecule has 0 aliphatic heterocycles.